The number of aryl methyl sites for hydroxylation is 1. The lowest BCUT2D eigenvalue weighted by Gasteiger charge is -2.22. The van der Waals surface area contributed by atoms with Crippen molar-refractivity contribution in [2.24, 2.45) is 0 Å². The van der Waals surface area contributed by atoms with Gasteiger partial charge < -0.3 is 9.30 Å². The van der Waals surface area contributed by atoms with Crippen LogP contribution in [-0.4, -0.2) is 27.1 Å². The zero-order chi connectivity index (χ0) is 14.8. The summed E-state index contributed by atoms with van der Waals surface area (Å²) in [7, 11) is 0. The lowest BCUT2D eigenvalue weighted by atomic mass is 9.92. The van der Waals surface area contributed by atoms with E-state index in [9.17, 15) is 4.79 Å². The Morgan fingerprint density at radius 1 is 1.40 bits per heavy atom. The van der Waals surface area contributed by atoms with Gasteiger partial charge in [0.25, 0.3) is 0 Å². The van der Waals surface area contributed by atoms with Crippen molar-refractivity contribution < 1.29 is 9.53 Å². The molecule has 0 aromatic carbocycles. The zero-order valence-corrected chi connectivity index (χ0v) is 12.5. The average Bonchev–Trinajstić information content (AvgIpc) is 2.79. The van der Waals surface area contributed by atoms with Crippen LogP contribution in [0.4, 0.5) is 0 Å². The fourth-order valence-corrected chi connectivity index (χ4v) is 2.27. The standard InChI is InChI=1S/C15H21N3O2/c1-5-10-18-12-11(8-7-9-16-12)17-13(18)15(3,4)14(19)20-6-2/h7-9H,5-6,10H2,1-4H3. The van der Waals surface area contributed by atoms with E-state index in [-0.39, 0.29) is 5.97 Å². The number of hydrogen-bond acceptors (Lipinski definition) is 4. The van der Waals surface area contributed by atoms with Crippen molar-refractivity contribution in [2.75, 3.05) is 6.61 Å². The Hall–Kier alpha value is -1.91. The van der Waals surface area contributed by atoms with Gasteiger partial charge in [0.2, 0.25) is 0 Å². The summed E-state index contributed by atoms with van der Waals surface area (Å²) in [6.07, 6.45) is 2.70. The Bertz CT molecular complexity index is 617. The number of rotatable bonds is 5. The summed E-state index contributed by atoms with van der Waals surface area (Å²) in [4.78, 5) is 21.2. The van der Waals surface area contributed by atoms with Crippen molar-refractivity contribution >= 4 is 17.1 Å². The van der Waals surface area contributed by atoms with Crippen LogP contribution in [0.25, 0.3) is 11.2 Å². The normalized spacial score (nSPS) is 11.8. The number of fused-ring (bicyclic) bond motifs is 1. The van der Waals surface area contributed by atoms with Gasteiger partial charge >= 0.3 is 5.97 Å². The number of hydrogen-bond donors (Lipinski definition) is 0. The van der Waals surface area contributed by atoms with Crippen LogP contribution in [0.1, 0.15) is 39.9 Å². The third kappa shape index (κ3) is 2.40. The summed E-state index contributed by atoms with van der Waals surface area (Å²) in [5.41, 5.74) is 0.848. The predicted molar refractivity (Wildman–Crippen MR) is 77.5 cm³/mol. The van der Waals surface area contributed by atoms with E-state index >= 15 is 0 Å². The molecule has 0 N–H and O–H groups in total. The molecule has 5 heteroatoms. The molecule has 2 aromatic rings. The predicted octanol–water partition coefficient (Wildman–Crippen LogP) is 2.68. The molecular weight excluding hydrogens is 254 g/mol. The quantitative estimate of drug-likeness (QED) is 0.787. The molecule has 0 saturated carbocycles. The molecule has 0 bridgehead atoms. The minimum absolute atomic E-state index is 0.257. The minimum Gasteiger partial charge on any atom is -0.465 e. The van der Waals surface area contributed by atoms with Crippen molar-refractivity contribution in [3.63, 3.8) is 0 Å². The highest BCUT2D eigenvalue weighted by atomic mass is 16.5. The van der Waals surface area contributed by atoms with E-state index in [0.29, 0.717) is 12.4 Å². The molecule has 2 heterocycles. The zero-order valence-electron chi connectivity index (χ0n) is 12.5. The smallest absolute Gasteiger partial charge is 0.319 e. The first-order chi connectivity index (χ1) is 9.52. The van der Waals surface area contributed by atoms with Crippen LogP contribution in [0.15, 0.2) is 18.3 Å². The molecule has 0 saturated heterocycles. The fraction of sp³-hybridized carbons (Fsp3) is 0.533. The first-order valence-corrected chi connectivity index (χ1v) is 7.01. The Balaban J connectivity index is 2.57. The fourth-order valence-electron chi connectivity index (χ4n) is 2.27. The van der Waals surface area contributed by atoms with Crippen molar-refractivity contribution in [2.45, 2.75) is 46.1 Å². The van der Waals surface area contributed by atoms with Crippen LogP contribution in [0.5, 0.6) is 0 Å². The molecule has 0 aliphatic rings. The average molecular weight is 275 g/mol. The Morgan fingerprint density at radius 2 is 2.15 bits per heavy atom. The number of ether oxygens (including phenoxy) is 1. The topological polar surface area (TPSA) is 57.0 Å². The maximum atomic E-state index is 12.2. The SMILES string of the molecule is CCCn1c(C(C)(C)C(=O)OCC)nc2cccnc21. The van der Waals surface area contributed by atoms with Crippen LogP contribution in [0.2, 0.25) is 0 Å². The second-order valence-corrected chi connectivity index (χ2v) is 5.28. The number of esters is 1. The lowest BCUT2D eigenvalue weighted by molar-refractivity contribution is -0.149. The molecule has 0 aliphatic carbocycles. The molecular formula is C15H21N3O2. The first kappa shape index (κ1) is 14.5. The highest BCUT2D eigenvalue weighted by Gasteiger charge is 2.36. The van der Waals surface area contributed by atoms with E-state index in [1.165, 1.54) is 0 Å². The number of aromatic nitrogens is 3. The second kappa shape index (κ2) is 5.61. The maximum Gasteiger partial charge on any atom is 0.319 e. The molecule has 0 unspecified atom stereocenters. The summed E-state index contributed by atoms with van der Waals surface area (Å²) in [6, 6.07) is 3.77. The largest absolute Gasteiger partial charge is 0.465 e. The van der Waals surface area contributed by atoms with E-state index in [1.807, 2.05) is 37.5 Å². The second-order valence-electron chi connectivity index (χ2n) is 5.28. The Morgan fingerprint density at radius 3 is 2.80 bits per heavy atom. The number of imidazole rings is 1. The molecule has 108 valence electrons. The van der Waals surface area contributed by atoms with Gasteiger partial charge in [-0.1, -0.05) is 6.92 Å². The van der Waals surface area contributed by atoms with Gasteiger partial charge in [0.1, 0.15) is 16.8 Å². The van der Waals surface area contributed by atoms with Gasteiger partial charge in [-0.25, -0.2) is 9.97 Å². The van der Waals surface area contributed by atoms with Crippen LogP contribution in [0, 0.1) is 0 Å². The molecule has 0 aliphatic heterocycles. The monoisotopic (exact) mass is 275 g/mol. The number of nitrogens with zero attached hydrogens (tertiary/aromatic N) is 3. The molecule has 2 aromatic heterocycles. The Labute approximate surface area is 119 Å². The van der Waals surface area contributed by atoms with E-state index in [0.717, 1.165) is 24.1 Å². The summed E-state index contributed by atoms with van der Waals surface area (Å²) < 4.78 is 7.20. The molecule has 2 rings (SSSR count). The third-order valence-corrected chi connectivity index (χ3v) is 3.30. The lowest BCUT2D eigenvalue weighted by Crippen LogP contribution is -2.34. The van der Waals surface area contributed by atoms with E-state index < -0.39 is 5.41 Å². The van der Waals surface area contributed by atoms with Gasteiger partial charge in [-0.2, -0.15) is 0 Å². The van der Waals surface area contributed by atoms with Crippen molar-refractivity contribution in [3.05, 3.63) is 24.2 Å². The molecule has 0 fully saturated rings. The van der Waals surface area contributed by atoms with Gasteiger partial charge in [-0.3, -0.25) is 4.79 Å². The summed E-state index contributed by atoms with van der Waals surface area (Å²) in [5, 5.41) is 0. The first-order valence-electron chi connectivity index (χ1n) is 7.01. The van der Waals surface area contributed by atoms with E-state index in [4.69, 9.17) is 4.74 Å². The molecule has 5 nitrogen and oxygen atoms in total. The summed E-state index contributed by atoms with van der Waals surface area (Å²) in [5.74, 6) is 0.458. The molecule has 0 atom stereocenters. The minimum atomic E-state index is -0.786. The van der Waals surface area contributed by atoms with E-state index in [1.54, 1.807) is 6.20 Å². The molecule has 0 radical (unpaired) electrons. The summed E-state index contributed by atoms with van der Waals surface area (Å²) >= 11 is 0. The highest BCUT2D eigenvalue weighted by molar-refractivity contribution is 5.83. The van der Waals surface area contributed by atoms with Crippen LogP contribution < -0.4 is 0 Å². The van der Waals surface area contributed by atoms with E-state index in [2.05, 4.69) is 16.9 Å². The Kier molecular flexibility index (Phi) is 4.06. The van der Waals surface area contributed by atoms with Gasteiger partial charge in [0.15, 0.2) is 5.65 Å². The number of carbonyl (C=O) groups excluding carboxylic acids is 1. The van der Waals surface area contributed by atoms with Gasteiger partial charge in [0.05, 0.1) is 6.61 Å². The molecule has 20 heavy (non-hydrogen) atoms. The number of pyridine rings is 1. The van der Waals surface area contributed by atoms with Crippen molar-refractivity contribution in [1.82, 2.24) is 14.5 Å². The van der Waals surface area contributed by atoms with Crippen molar-refractivity contribution in [1.29, 1.82) is 0 Å². The van der Waals surface area contributed by atoms with Gasteiger partial charge in [-0.05, 0) is 39.3 Å². The number of carbonyl (C=O) groups is 1. The van der Waals surface area contributed by atoms with Crippen LogP contribution in [-0.2, 0) is 21.5 Å². The highest BCUT2D eigenvalue weighted by Crippen LogP contribution is 2.27. The molecule has 0 amide bonds. The van der Waals surface area contributed by atoms with Crippen LogP contribution >= 0.6 is 0 Å². The van der Waals surface area contributed by atoms with Crippen LogP contribution in [0.3, 0.4) is 0 Å². The van der Waals surface area contributed by atoms with Gasteiger partial charge in [0, 0.05) is 12.7 Å². The van der Waals surface area contributed by atoms with Gasteiger partial charge in [-0.15, -0.1) is 0 Å². The van der Waals surface area contributed by atoms with Crippen molar-refractivity contribution in [3.8, 4) is 0 Å². The maximum absolute atomic E-state index is 12.2. The molecule has 0 spiro atoms. The third-order valence-electron chi connectivity index (χ3n) is 3.30. The summed E-state index contributed by atoms with van der Waals surface area (Å²) in [6.45, 7) is 8.75.